The summed E-state index contributed by atoms with van der Waals surface area (Å²) < 4.78 is 5.44. The summed E-state index contributed by atoms with van der Waals surface area (Å²) in [4.78, 5) is 25.2. The Morgan fingerprint density at radius 3 is 2.91 bits per heavy atom. The van der Waals surface area contributed by atoms with Gasteiger partial charge >= 0.3 is 0 Å². The molecule has 1 aromatic heterocycles. The van der Waals surface area contributed by atoms with Gasteiger partial charge in [-0.2, -0.15) is 0 Å². The molecule has 0 aliphatic carbocycles. The quantitative estimate of drug-likeness (QED) is 0.902. The molecule has 0 unspecified atom stereocenters. The van der Waals surface area contributed by atoms with Crippen LogP contribution in [-0.2, 0) is 4.79 Å². The average molecular weight is 317 g/mol. The van der Waals surface area contributed by atoms with Crippen molar-refractivity contribution >= 4 is 33.8 Å². The lowest BCUT2D eigenvalue weighted by molar-refractivity contribution is -0.121. The first kappa shape index (κ1) is 14.4. The molecule has 2 heterocycles. The van der Waals surface area contributed by atoms with Crippen molar-refractivity contribution in [2.24, 2.45) is 5.73 Å². The van der Waals surface area contributed by atoms with E-state index in [1.165, 1.54) is 11.3 Å². The van der Waals surface area contributed by atoms with Gasteiger partial charge in [0.2, 0.25) is 0 Å². The zero-order chi connectivity index (χ0) is 15.9. The van der Waals surface area contributed by atoms with E-state index in [0.29, 0.717) is 34.1 Å². The molecule has 3 rings (SSSR count). The summed E-state index contributed by atoms with van der Waals surface area (Å²) in [7, 11) is 0. The van der Waals surface area contributed by atoms with Gasteiger partial charge in [-0.15, -0.1) is 11.3 Å². The molecule has 0 atom stereocenters. The first-order valence-electron chi connectivity index (χ1n) is 6.77. The van der Waals surface area contributed by atoms with E-state index in [0.717, 1.165) is 5.56 Å². The number of carbonyl (C=O) groups is 2. The predicted molar refractivity (Wildman–Crippen MR) is 86.2 cm³/mol. The Labute approximate surface area is 131 Å². The topological polar surface area (TPSA) is 98.7 Å². The molecule has 0 bridgehead atoms. The Kier molecular flexibility index (Phi) is 3.50. The van der Waals surface area contributed by atoms with Crippen LogP contribution in [0.5, 0.6) is 5.75 Å². The third-order valence-corrected chi connectivity index (χ3v) is 4.41. The van der Waals surface area contributed by atoms with Gasteiger partial charge < -0.3 is 21.1 Å². The molecule has 0 saturated carbocycles. The smallest absolute Gasteiger partial charge is 0.265 e. The maximum atomic E-state index is 11.9. The van der Waals surface area contributed by atoms with Gasteiger partial charge in [0.25, 0.3) is 11.8 Å². The SMILES string of the molecule is CCN1C(=O)COc2ccc(-c3csc(N)c3C(N)=O)cc21. The number of nitrogen functional groups attached to an aromatic ring is 1. The van der Waals surface area contributed by atoms with E-state index in [2.05, 4.69) is 0 Å². The lowest BCUT2D eigenvalue weighted by Gasteiger charge is -2.28. The molecule has 6 nitrogen and oxygen atoms in total. The molecule has 22 heavy (non-hydrogen) atoms. The van der Waals surface area contributed by atoms with Gasteiger partial charge in [-0.3, -0.25) is 9.59 Å². The monoisotopic (exact) mass is 317 g/mol. The first-order chi connectivity index (χ1) is 10.5. The van der Waals surface area contributed by atoms with E-state index in [1.54, 1.807) is 16.3 Å². The Bertz CT molecular complexity index is 769. The number of carbonyl (C=O) groups excluding carboxylic acids is 2. The minimum Gasteiger partial charge on any atom is -0.482 e. The lowest BCUT2D eigenvalue weighted by Crippen LogP contribution is -2.38. The van der Waals surface area contributed by atoms with Crippen molar-refractivity contribution in [3.8, 4) is 16.9 Å². The summed E-state index contributed by atoms with van der Waals surface area (Å²) in [6.45, 7) is 2.49. The molecular formula is C15H15N3O3S. The molecule has 114 valence electrons. The number of ether oxygens (including phenoxy) is 1. The summed E-state index contributed by atoms with van der Waals surface area (Å²) in [5.74, 6) is -0.00715. The highest BCUT2D eigenvalue weighted by atomic mass is 32.1. The second-order valence-electron chi connectivity index (χ2n) is 4.86. The molecule has 0 spiro atoms. The van der Waals surface area contributed by atoms with Crippen molar-refractivity contribution in [1.82, 2.24) is 0 Å². The maximum absolute atomic E-state index is 11.9. The minimum absolute atomic E-state index is 0.0398. The van der Waals surface area contributed by atoms with Crippen LogP contribution in [0.15, 0.2) is 23.6 Å². The van der Waals surface area contributed by atoms with Crippen LogP contribution in [0.1, 0.15) is 17.3 Å². The Balaban J connectivity index is 2.13. The van der Waals surface area contributed by atoms with Gasteiger partial charge in [-0.1, -0.05) is 6.07 Å². The zero-order valence-corrected chi connectivity index (χ0v) is 12.8. The summed E-state index contributed by atoms with van der Waals surface area (Å²) in [6, 6.07) is 5.44. The van der Waals surface area contributed by atoms with Crippen LogP contribution in [0, 0.1) is 0 Å². The van der Waals surface area contributed by atoms with E-state index in [9.17, 15) is 9.59 Å². The third kappa shape index (κ3) is 2.19. The number of benzene rings is 1. The number of likely N-dealkylation sites (N-methyl/N-ethyl adjacent to an activating group) is 1. The van der Waals surface area contributed by atoms with Crippen molar-refractivity contribution in [2.75, 3.05) is 23.8 Å². The number of primary amides is 1. The largest absolute Gasteiger partial charge is 0.482 e. The van der Waals surface area contributed by atoms with Gasteiger partial charge in [0.05, 0.1) is 16.3 Å². The number of nitrogens with zero attached hydrogens (tertiary/aromatic N) is 1. The molecule has 0 fully saturated rings. The normalized spacial score (nSPS) is 13.7. The highest BCUT2D eigenvalue weighted by Gasteiger charge is 2.25. The Morgan fingerprint density at radius 2 is 2.23 bits per heavy atom. The molecule has 0 saturated heterocycles. The zero-order valence-electron chi connectivity index (χ0n) is 12.0. The van der Waals surface area contributed by atoms with Crippen LogP contribution in [0.2, 0.25) is 0 Å². The second-order valence-corrected chi connectivity index (χ2v) is 5.77. The van der Waals surface area contributed by atoms with Crippen molar-refractivity contribution in [3.05, 3.63) is 29.1 Å². The number of anilines is 2. The molecule has 2 aromatic rings. The van der Waals surface area contributed by atoms with Crippen LogP contribution >= 0.6 is 11.3 Å². The van der Waals surface area contributed by atoms with Crippen molar-refractivity contribution in [3.63, 3.8) is 0 Å². The molecule has 1 aliphatic heterocycles. The number of thiophene rings is 1. The van der Waals surface area contributed by atoms with Gasteiger partial charge in [-0.25, -0.2) is 0 Å². The van der Waals surface area contributed by atoms with E-state index in [1.807, 2.05) is 19.1 Å². The van der Waals surface area contributed by atoms with Crippen LogP contribution in [0.3, 0.4) is 0 Å². The van der Waals surface area contributed by atoms with E-state index >= 15 is 0 Å². The van der Waals surface area contributed by atoms with Gasteiger partial charge in [0, 0.05) is 17.5 Å². The lowest BCUT2D eigenvalue weighted by atomic mass is 10.0. The number of nitrogens with two attached hydrogens (primary N) is 2. The first-order valence-corrected chi connectivity index (χ1v) is 7.65. The minimum atomic E-state index is -0.564. The van der Waals surface area contributed by atoms with Crippen molar-refractivity contribution in [1.29, 1.82) is 0 Å². The highest BCUT2D eigenvalue weighted by molar-refractivity contribution is 7.15. The average Bonchev–Trinajstić information content (AvgIpc) is 2.88. The molecule has 1 aliphatic rings. The predicted octanol–water partition coefficient (Wildman–Crippen LogP) is 1.84. The molecule has 4 N–H and O–H groups in total. The standard InChI is InChI=1S/C15H15N3O3S/c1-2-18-10-5-8(3-4-11(10)21-6-12(18)19)9-7-22-15(17)13(9)14(16)20/h3-5,7H,2,6,17H2,1H3,(H2,16,20). The maximum Gasteiger partial charge on any atom is 0.265 e. The summed E-state index contributed by atoms with van der Waals surface area (Å²) >= 11 is 1.26. The Hall–Kier alpha value is -2.54. The van der Waals surface area contributed by atoms with Crippen LogP contribution in [-0.4, -0.2) is 25.0 Å². The molecule has 1 aromatic carbocycles. The van der Waals surface area contributed by atoms with Crippen molar-refractivity contribution < 1.29 is 14.3 Å². The fourth-order valence-electron chi connectivity index (χ4n) is 2.56. The molecule has 7 heteroatoms. The number of fused-ring (bicyclic) bond motifs is 1. The molecule has 2 amide bonds. The van der Waals surface area contributed by atoms with Gasteiger partial charge in [0.1, 0.15) is 5.75 Å². The van der Waals surface area contributed by atoms with Gasteiger partial charge in [-0.05, 0) is 24.6 Å². The fourth-order valence-corrected chi connectivity index (χ4v) is 3.38. The molecule has 0 radical (unpaired) electrons. The number of hydrogen-bond donors (Lipinski definition) is 2. The van der Waals surface area contributed by atoms with Crippen LogP contribution in [0.25, 0.3) is 11.1 Å². The Morgan fingerprint density at radius 1 is 1.45 bits per heavy atom. The van der Waals surface area contributed by atoms with E-state index in [-0.39, 0.29) is 12.5 Å². The highest BCUT2D eigenvalue weighted by Crippen LogP contribution is 2.39. The summed E-state index contributed by atoms with van der Waals surface area (Å²) in [5.41, 5.74) is 13.7. The summed E-state index contributed by atoms with van der Waals surface area (Å²) in [6.07, 6.45) is 0. The molecular weight excluding hydrogens is 302 g/mol. The summed E-state index contributed by atoms with van der Waals surface area (Å²) in [5, 5.41) is 2.18. The van der Waals surface area contributed by atoms with Gasteiger partial charge in [0.15, 0.2) is 6.61 Å². The number of amides is 2. The van der Waals surface area contributed by atoms with Crippen LogP contribution < -0.4 is 21.1 Å². The van der Waals surface area contributed by atoms with Crippen molar-refractivity contribution in [2.45, 2.75) is 6.92 Å². The third-order valence-electron chi connectivity index (χ3n) is 3.60. The fraction of sp³-hybridized carbons (Fsp3) is 0.200. The van der Waals surface area contributed by atoms with E-state index in [4.69, 9.17) is 16.2 Å². The van der Waals surface area contributed by atoms with Crippen LogP contribution in [0.4, 0.5) is 10.7 Å². The number of hydrogen-bond acceptors (Lipinski definition) is 5. The van der Waals surface area contributed by atoms with E-state index < -0.39 is 5.91 Å². The number of rotatable bonds is 3. The second kappa shape index (κ2) is 5.34.